The van der Waals surface area contributed by atoms with Crippen molar-refractivity contribution in [1.29, 1.82) is 0 Å². The van der Waals surface area contributed by atoms with Gasteiger partial charge in [0.2, 0.25) is 0 Å². The molecule has 0 saturated carbocycles. The first-order valence-electron chi connectivity index (χ1n) is 11.2. The zero-order valence-corrected chi connectivity index (χ0v) is 17.2. The molecule has 1 nitrogen and oxygen atoms in total. The van der Waals surface area contributed by atoms with Crippen LogP contribution in [0, 0.1) is 0 Å². The van der Waals surface area contributed by atoms with Crippen molar-refractivity contribution >= 4 is 0 Å². The summed E-state index contributed by atoms with van der Waals surface area (Å²) in [4.78, 5) is 0. The normalized spacial score (nSPS) is 12.7. The first kappa shape index (κ1) is 24.4. The lowest BCUT2D eigenvalue weighted by Crippen LogP contribution is -2.04. The van der Waals surface area contributed by atoms with Gasteiger partial charge in [-0.2, -0.15) is 0 Å². The minimum atomic E-state index is -0.129. The third-order valence-electron chi connectivity index (χ3n) is 4.99. The molecule has 0 fully saturated rings. The van der Waals surface area contributed by atoms with Crippen molar-refractivity contribution in [1.82, 2.24) is 0 Å². The fourth-order valence-electron chi connectivity index (χ4n) is 3.26. The number of hydrogen-bond donors (Lipinski definition) is 1. The number of aliphatic hydroxyl groups excluding tert-OH is 1. The second-order valence-electron chi connectivity index (χ2n) is 7.61. The maximum Gasteiger partial charge on any atom is 0.0574 e. The molecular formula is C24H46O. The Morgan fingerprint density at radius 1 is 0.680 bits per heavy atom. The minimum absolute atomic E-state index is 0.129. The van der Waals surface area contributed by atoms with Crippen molar-refractivity contribution < 1.29 is 5.11 Å². The van der Waals surface area contributed by atoms with E-state index >= 15 is 0 Å². The van der Waals surface area contributed by atoms with Crippen molar-refractivity contribution in [2.45, 2.75) is 129 Å². The van der Waals surface area contributed by atoms with Crippen LogP contribution in [-0.2, 0) is 0 Å². The Labute approximate surface area is 159 Å². The summed E-state index contributed by atoms with van der Waals surface area (Å²) < 4.78 is 0. The van der Waals surface area contributed by atoms with E-state index in [0.717, 1.165) is 19.3 Å². The summed E-state index contributed by atoms with van der Waals surface area (Å²) in [5.41, 5.74) is 0. The SMILES string of the molecule is C=CCCCCCCCCC(O)CC=CCCCCCCCCCC. The van der Waals surface area contributed by atoms with Gasteiger partial charge in [0.25, 0.3) is 0 Å². The summed E-state index contributed by atoms with van der Waals surface area (Å²) in [7, 11) is 0. The highest BCUT2D eigenvalue weighted by Crippen LogP contribution is 2.12. The summed E-state index contributed by atoms with van der Waals surface area (Å²) >= 11 is 0. The summed E-state index contributed by atoms with van der Waals surface area (Å²) in [6.45, 7) is 6.03. The summed E-state index contributed by atoms with van der Waals surface area (Å²) in [5, 5.41) is 10.0. The molecule has 0 amide bonds. The predicted molar refractivity (Wildman–Crippen MR) is 114 cm³/mol. The number of hydrogen-bond acceptors (Lipinski definition) is 1. The van der Waals surface area contributed by atoms with Crippen LogP contribution < -0.4 is 0 Å². The van der Waals surface area contributed by atoms with E-state index in [1.807, 2.05) is 6.08 Å². The van der Waals surface area contributed by atoms with Crippen molar-refractivity contribution in [2.24, 2.45) is 0 Å². The van der Waals surface area contributed by atoms with Gasteiger partial charge >= 0.3 is 0 Å². The molecule has 0 aliphatic rings. The van der Waals surface area contributed by atoms with Crippen LogP contribution in [0.2, 0.25) is 0 Å². The molecular weight excluding hydrogens is 304 g/mol. The Hall–Kier alpha value is -0.560. The lowest BCUT2D eigenvalue weighted by molar-refractivity contribution is 0.163. The number of unbranched alkanes of at least 4 members (excludes halogenated alkanes) is 14. The monoisotopic (exact) mass is 350 g/mol. The van der Waals surface area contributed by atoms with E-state index in [1.165, 1.54) is 96.3 Å². The van der Waals surface area contributed by atoms with E-state index in [4.69, 9.17) is 0 Å². The van der Waals surface area contributed by atoms with Crippen LogP contribution in [0.3, 0.4) is 0 Å². The van der Waals surface area contributed by atoms with Gasteiger partial charge in [0, 0.05) is 0 Å². The highest BCUT2D eigenvalue weighted by Gasteiger charge is 2.01. The number of allylic oxidation sites excluding steroid dienone is 2. The molecule has 1 unspecified atom stereocenters. The highest BCUT2D eigenvalue weighted by molar-refractivity contribution is 4.84. The van der Waals surface area contributed by atoms with Gasteiger partial charge < -0.3 is 5.11 Å². The molecule has 0 aromatic heterocycles. The molecule has 0 saturated heterocycles. The zero-order valence-electron chi connectivity index (χ0n) is 17.2. The molecule has 25 heavy (non-hydrogen) atoms. The summed E-state index contributed by atoms with van der Waals surface area (Å²) in [6.07, 6.45) is 29.3. The van der Waals surface area contributed by atoms with Crippen LogP contribution >= 0.6 is 0 Å². The Balaban J connectivity index is 3.24. The average Bonchev–Trinajstić information content (AvgIpc) is 2.62. The molecule has 0 heterocycles. The van der Waals surface area contributed by atoms with Crippen molar-refractivity contribution in [3.8, 4) is 0 Å². The Morgan fingerprint density at radius 2 is 1.20 bits per heavy atom. The van der Waals surface area contributed by atoms with Gasteiger partial charge in [0.1, 0.15) is 0 Å². The second kappa shape index (κ2) is 21.5. The van der Waals surface area contributed by atoms with Crippen molar-refractivity contribution in [2.75, 3.05) is 0 Å². The topological polar surface area (TPSA) is 20.2 Å². The first-order chi connectivity index (χ1) is 12.3. The molecule has 0 bridgehead atoms. The summed E-state index contributed by atoms with van der Waals surface area (Å²) in [6, 6.07) is 0. The fourth-order valence-corrected chi connectivity index (χ4v) is 3.26. The minimum Gasteiger partial charge on any atom is -0.393 e. The zero-order chi connectivity index (χ0) is 18.4. The molecule has 1 atom stereocenters. The van der Waals surface area contributed by atoms with Gasteiger partial charge in [0.15, 0.2) is 0 Å². The molecule has 0 radical (unpaired) electrons. The quantitative estimate of drug-likeness (QED) is 0.173. The van der Waals surface area contributed by atoms with Crippen LogP contribution in [0.25, 0.3) is 0 Å². The van der Waals surface area contributed by atoms with Gasteiger partial charge in [0.05, 0.1) is 6.10 Å². The average molecular weight is 351 g/mol. The molecule has 148 valence electrons. The van der Waals surface area contributed by atoms with E-state index in [2.05, 4.69) is 25.7 Å². The fraction of sp³-hybridized carbons (Fsp3) is 0.833. The molecule has 0 aliphatic heterocycles. The summed E-state index contributed by atoms with van der Waals surface area (Å²) in [5.74, 6) is 0. The lowest BCUT2D eigenvalue weighted by Gasteiger charge is -2.07. The Bertz CT molecular complexity index is 282. The number of aliphatic hydroxyl groups is 1. The maximum atomic E-state index is 10.0. The van der Waals surface area contributed by atoms with Crippen LogP contribution in [0.4, 0.5) is 0 Å². The molecule has 0 aromatic rings. The van der Waals surface area contributed by atoms with Gasteiger partial charge in [-0.15, -0.1) is 6.58 Å². The van der Waals surface area contributed by atoms with Gasteiger partial charge in [-0.1, -0.05) is 102 Å². The molecule has 0 aromatic carbocycles. The van der Waals surface area contributed by atoms with Crippen LogP contribution in [0.15, 0.2) is 24.8 Å². The molecule has 1 heteroatoms. The molecule has 1 N–H and O–H groups in total. The molecule has 0 aliphatic carbocycles. The maximum absolute atomic E-state index is 10.0. The van der Waals surface area contributed by atoms with Gasteiger partial charge in [-0.25, -0.2) is 0 Å². The Morgan fingerprint density at radius 3 is 1.80 bits per heavy atom. The van der Waals surface area contributed by atoms with Gasteiger partial charge in [-0.05, 0) is 38.5 Å². The highest BCUT2D eigenvalue weighted by atomic mass is 16.3. The van der Waals surface area contributed by atoms with E-state index in [0.29, 0.717) is 0 Å². The third-order valence-corrected chi connectivity index (χ3v) is 4.99. The second-order valence-corrected chi connectivity index (χ2v) is 7.61. The Kier molecular flexibility index (Phi) is 21.0. The third kappa shape index (κ3) is 21.4. The van der Waals surface area contributed by atoms with E-state index in [1.54, 1.807) is 0 Å². The molecule has 0 rings (SSSR count). The van der Waals surface area contributed by atoms with Crippen molar-refractivity contribution in [3.05, 3.63) is 24.8 Å². The van der Waals surface area contributed by atoms with Crippen LogP contribution in [0.5, 0.6) is 0 Å². The van der Waals surface area contributed by atoms with Gasteiger partial charge in [-0.3, -0.25) is 0 Å². The van der Waals surface area contributed by atoms with Crippen LogP contribution in [-0.4, -0.2) is 11.2 Å². The van der Waals surface area contributed by atoms with E-state index < -0.39 is 0 Å². The van der Waals surface area contributed by atoms with Crippen LogP contribution in [0.1, 0.15) is 122 Å². The molecule has 0 spiro atoms. The predicted octanol–water partition coefficient (Wildman–Crippen LogP) is 8.13. The van der Waals surface area contributed by atoms with Crippen molar-refractivity contribution in [3.63, 3.8) is 0 Å². The lowest BCUT2D eigenvalue weighted by atomic mass is 10.0. The first-order valence-corrected chi connectivity index (χ1v) is 11.2. The van der Waals surface area contributed by atoms with E-state index in [9.17, 15) is 5.11 Å². The standard InChI is InChI=1S/C24H46O/c1-3-5-7-9-11-13-14-15-17-19-21-23-24(25)22-20-18-16-12-10-8-6-4-2/h4,19,21,24-25H,2-3,5-18,20,22-23H2,1H3. The number of rotatable bonds is 20. The van der Waals surface area contributed by atoms with E-state index in [-0.39, 0.29) is 6.10 Å². The smallest absolute Gasteiger partial charge is 0.0574 e. The largest absolute Gasteiger partial charge is 0.393 e.